The molecule has 2 heterocycles. The van der Waals surface area contributed by atoms with Crippen molar-refractivity contribution >= 4 is 18.0 Å². The third-order valence-electron chi connectivity index (χ3n) is 1.65. The molecule has 60 valence electrons. The molecule has 0 fully saturated rings. The third-order valence-corrected chi connectivity index (χ3v) is 1.89. The van der Waals surface area contributed by atoms with Gasteiger partial charge in [0.15, 0.2) is 0 Å². The third kappa shape index (κ3) is 1.27. The van der Waals surface area contributed by atoms with Gasteiger partial charge in [0.1, 0.15) is 10.5 Å². The van der Waals surface area contributed by atoms with Crippen molar-refractivity contribution in [1.29, 1.82) is 0 Å². The maximum absolute atomic E-state index is 5.02. The van der Waals surface area contributed by atoms with Crippen LogP contribution in [0, 0.1) is 4.64 Å². The van der Waals surface area contributed by atoms with Crippen LogP contribution in [0.2, 0.25) is 0 Å². The molecular formula is C7H10N2OS. The van der Waals surface area contributed by atoms with E-state index in [-0.39, 0.29) is 1.43 Å². The summed E-state index contributed by atoms with van der Waals surface area (Å²) in [5.74, 6) is 0.892. The Kier molecular flexibility index (Phi) is 1.63. The van der Waals surface area contributed by atoms with E-state index in [1.54, 1.807) is 0 Å². The molecule has 1 aromatic heterocycles. The minimum atomic E-state index is 0. The highest BCUT2D eigenvalue weighted by molar-refractivity contribution is 7.71. The normalized spacial score (nSPS) is 15.3. The van der Waals surface area contributed by atoms with Crippen LogP contribution in [-0.4, -0.2) is 11.6 Å². The van der Waals surface area contributed by atoms with Crippen LogP contribution in [0.15, 0.2) is 12.1 Å². The average Bonchev–Trinajstić information content (AvgIpc) is 2.04. The first-order valence-corrected chi connectivity index (χ1v) is 3.87. The summed E-state index contributed by atoms with van der Waals surface area (Å²) in [6.07, 6.45) is 0.939. The van der Waals surface area contributed by atoms with Gasteiger partial charge in [0.25, 0.3) is 0 Å². The molecule has 1 aliphatic rings. The van der Waals surface area contributed by atoms with Crippen molar-refractivity contribution < 1.29 is 6.26 Å². The van der Waals surface area contributed by atoms with E-state index in [2.05, 4.69) is 10.5 Å². The fourth-order valence-corrected chi connectivity index (χ4v) is 1.26. The number of hydrogen-bond acceptors (Lipinski definition) is 3. The number of fused-ring (bicyclic) bond motifs is 1. The molecule has 0 unspecified atom stereocenters. The second-order valence-corrected chi connectivity index (χ2v) is 2.86. The first-order valence-electron chi connectivity index (χ1n) is 3.46. The van der Waals surface area contributed by atoms with Crippen LogP contribution >= 0.6 is 12.2 Å². The minimum absolute atomic E-state index is 0. The molecule has 0 saturated carbocycles. The summed E-state index contributed by atoms with van der Waals surface area (Å²) in [6, 6.07) is 3.91. The van der Waals surface area contributed by atoms with E-state index < -0.39 is 0 Å². The maximum Gasteiger partial charge on any atom is 0.131 e. The summed E-state index contributed by atoms with van der Waals surface area (Å²) in [5.41, 5.74) is 4.01. The number of aromatic nitrogens is 1. The number of rotatable bonds is 0. The first-order chi connectivity index (χ1) is 5.36. The lowest BCUT2D eigenvalue weighted by molar-refractivity contribution is 0.185. The Hall–Kier alpha value is -0.870. The quantitative estimate of drug-likeness (QED) is 0.584. The van der Waals surface area contributed by atoms with Gasteiger partial charge in [-0.3, -0.25) is 10.3 Å². The summed E-state index contributed by atoms with van der Waals surface area (Å²) in [5, 5.41) is 0. The molecule has 11 heavy (non-hydrogen) atoms. The second-order valence-electron chi connectivity index (χ2n) is 2.42. The molecule has 2 rings (SSSR count). The number of pyridine rings is 1. The smallest absolute Gasteiger partial charge is 0.131 e. The Morgan fingerprint density at radius 2 is 2.45 bits per heavy atom. The zero-order valence-electron chi connectivity index (χ0n) is 5.89. The molecule has 0 radical (unpaired) electrons. The standard InChI is InChI=1S/C7H8N2OS.H2/c11-6-2-1-5-3-4-10-9-7(5)8-6;/h1-2H,3-4H2,(H2,8,9,11);1H. The number of nitrogens with one attached hydrogen (secondary N) is 2. The van der Waals surface area contributed by atoms with Gasteiger partial charge in [0.2, 0.25) is 0 Å². The predicted molar refractivity (Wildman–Crippen MR) is 47.0 cm³/mol. The van der Waals surface area contributed by atoms with Crippen molar-refractivity contribution in [3.63, 3.8) is 0 Å². The van der Waals surface area contributed by atoms with Crippen molar-refractivity contribution in [2.24, 2.45) is 0 Å². The Balaban J connectivity index is 0.000000720. The lowest BCUT2D eigenvalue weighted by atomic mass is 10.2. The van der Waals surface area contributed by atoms with Gasteiger partial charge in [0, 0.05) is 7.85 Å². The van der Waals surface area contributed by atoms with E-state index in [9.17, 15) is 0 Å². The van der Waals surface area contributed by atoms with E-state index in [4.69, 9.17) is 17.1 Å². The van der Waals surface area contributed by atoms with Gasteiger partial charge < -0.3 is 4.98 Å². The van der Waals surface area contributed by atoms with Gasteiger partial charge >= 0.3 is 0 Å². The fourth-order valence-electron chi connectivity index (χ4n) is 1.09. The van der Waals surface area contributed by atoms with Gasteiger partial charge in [-0.25, -0.2) is 0 Å². The van der Waals surface area contributed by atoms with Crippen LogP contribution in [0.4, 0.5) is 5.82 Å². The van der Waals surface area contributed by atoms with Gasteiger partial charge in [-0.15, -0.1) is 0 Å². The largest absolute Gasteiger partial charge is 0.331 e. The van der Waals surface area contributed by atoms with Crippen molar-refractivity contribution in [1.82, 2.24) is 4.98 Å². The zero-order chi connectivity index (χ0) is 7.68. The number of H-pyrrole nitrogens is 1. The van der Waals surface area contributed by atoms with Crippen LogP contribution in [0.25, 0.3) is 0 Å². The van der Waals surface area contributed by atoms with Crippen molar-refractivity contribution in [3.8, 4) is 0 Å². The fraction of sp³-hybridized carbons (Fsp3) is 0.286. The first kappa shape index (κ1) is 6.82. The average molecular weight is 170 g/mol. The molecule has 1 aromatic rings. The zero-order valence-corrected chi connectivity index (χ0v) is 6.70. The Labute approximate surface area is 70.8 Å². The van der Waals surface area contributed by atoms with Gasteiger partial charge in [-0.05, 0) is 11.6 Å². The topological polar surface area (TPSA) is 37.0 Å². The molecular weight excluding hydrogens is 160 g/mol. The van der Waals surface area contributed by atoms with Crippen LogP contribution in [-0.2, 0) is 11.3 Å². The SMILES string of the molecule is S=c1ccc2c([nH]1)NOCC2.[HH]. The van der Waals surface area contributed by atoms with Crippen molar-refractivity contribution in [2.45, 2.75) is 6.42 Å². The molecule has 0 aliphatic carbocycles. The highest BCUT2D eigenvalue weighted by Crippen LogP contribution is 2.16. The molecule has 3 nitrogen and oxygen atoms in total. The highest BCUT2D eigenvalue weighted by Gasteiger charge is 2.07. The lowest BCUT2D eigenvalue weighted by Gasteiger charge is -2.16. The highest BCUT2D eigenvalue weighted by atomic mass is 32.1. The molecule has 0 amide bonds. The molecule has 0 spiro atoms. The Bertz CT molecular complexity index is 325. The summed E-state index contributed by atoms with van der Waals surface area (Å²) >= 11 is 4.95. The van der Waals surface area contributed by atoms with Crippen molar-refractivity contribution in [2.75, 3.05) is 12.1 Å². The van der Waals surface area contributed by atoms with Crippen molar-refractivity contribution in [3.05, 3.63) is 22.3 Å². The molecule has 0 saturated heterocycles. The predicted octanol–water partition coefficient (Wildman–Crippen LogP) is 1.89. The Morgan fingerprint density at radius 3 is 3.36 bits per heavy atom. The second kappa shape index (κ2) is 2.64. The van der Waals surface area contributed by atoms with E-state index in [1.165, 1.54) is 5.56 Å². The van der Waals surface area contributed by atoms with Crippen LogP contribution in [0.5, 0.6) is 0 Å². The summed E-state index contributed by atoms with van der Waals surface area (Å²) in [7, 11) is 0. The van der Waals surface area contributed by atoms with Crippen LogP contribution < -0.4 is 5.48 Å². The van der Waals surface area contributed by atoms with E-state index >= 15 is 0 Å². The van der Waals surface area contributed by atoms with E-state index in [0.717, 1.165) is 23.5 Å². The van der Waals surface area contributed by atoms with E-state index in [0.29, 0.717) is 0 Å². The summed E-state index contributed by atoms with van der Waals surface area (Å²) < 4.78 is 0.724. The summed E-state index contributed by atoms with van der Waals surface area (Å²) in [4.78, 5) is 8.03. The van der Waals surface area contributed by atoms with Gasteiger partial charge in [-0.2, -0.15) is 0 Å². The maximum atomic E-state index is 5.02. The molecule has 2 N–H and O–H groups in total. The molecule has 4 heteroatoms. The minimum Gasteiger partial charge on any atom is -0.331 e. The molecule has 0 bridgehead atoms. The lowest BCUT2D eigenvalue weighted by Crippen LogP contribution is -2.14. The Morgan fingerprint density at radius 1 is 1.55 bits per heavy atom. The van der Waals surface area contributed by atoms with Gasteiger partial charge in [-0.1, -0.05) is 18.3 Å². The van der Waals surface area contributed by atoms with Crippen LogP contribution in [0.1, 0.15) is 6.99 Å². The number of hydrogen-bond donors (Lipinski definition) is 2. The van der Waals surface area contributed by atoms with Crippen LogP contribution in [0.3, 0.4) is 0 Å². The van der Waals surface area contributed by atoms with E-state index in [1.807, 2.05) is 12.1 Å². The molecule has 0 aromatic carbocycles. The number of aromatic amines is 1. The monoisotopic (exact) mass is 170 g/mol. The summed E-state index contributed by atoms with van der Waals surface area (Å²) in [6.45, 7) is 0.720. The number of anilines is 1. The molecule has 1 aliphatic heterocycles. The van der Waals surface area contributed by atoms with Gasteiger partial charge in [0.05, 0.1) is 6.61 Å². The molecule has 0 atom stereocenters.